The van der Waals surface area contributed by atoms with E-state index in [0.717, 1.165) is 17.5 Å². The SMILES string of the molecule is COc1c(C)cc(CCBr)cc1C. The molecule has 0 spiro atoms. The first kappa shape index (κ1) is 10.6. The summed E-state index contributed by atoms with van der Waals surface area (Å²) in [5, 5.41) is 1.01. The second-order valence-electron chi connectivity index (χ2n) is 3.20. The summed E-state index contributed by atoms with van der Waals surface area (Å²) in [6, 6.07) is 4.38. The molecule has 0 aromatic heterocycles. The van der Waals surface area contributed by atoms with Crippen LogP contribution in [0.4, 0.5) is 0 Å². The van der Waals surface area contributed by atoms with E-state index in [1.165, 1.54) is 16.7 Å². The summed E-state index contributed by atoms with van der Waals surface area (Å²) in [4.78, 5) is 0. The maximum Gasteiger partial charge on any atom is 0.124 e. The van der Waals surface area contributed by atoms with E-state index in [2.05, 4.69) is 41.9 Å². The molecule has 0 saturated heterocycles. The van der Waals surface area contributed by atoms with Crippen LogP contribution in [-0.2, 0) is 6.42 Å². The molecular weight excluding hydrogens is 228 g/mol. The van der Waals surface area contributed by atoms with Crippen LogP contribution in [0.1, 0.15) is 16.7 Å². The predicted octanol–water partition coefficient (Wildman–Crippen LogP) is 3.25. The molecule has 72 valence electrons. The van der Waals surface area contributed by atoms with Crippen LogP contribution < -0.4 is 4.74 Å². The van der Waals surface area contributed by atoms with Gasteiger partial charge in [-0.25, -0.2) is 0 Å². The number of rotatable bonds is 3. The lowest BCUT2D eigenvalue weighted by Crippen LogP contribution is -1.94. The minimum Gasteiger partial charge on any atom is -0.496 e. The van der Waals surface area contributed by atoms with Crippen LogP contribution in [0, 0.1) is 13.8 Å². The van der Waals surface area contributed by atoms with E-state index in [9.17, 15) is 0 Å². The number of ether oxygens (including phenoxy) is 1. The highest BCUT2D eigenvalue weighted by molar-refractivity contribution is 9.09. The van der Waals surface area contributed by atoms with E-state index >= 15 is 0 Å². The fraction of sp³-hybridized carbons (Fsp3) is 0.455. The van der Waals surface area contributed by atoms with Crippen LogP contribution in [-0.4, -0.2) is 12.4 Å². The Hall–Kier alpha value is -0.500. The summed E-state index contributed by atoms with van der Waals surface area (Å²) in [6.45, 7) is 4.17. The molecule has 0 bridgehead atoms. The first-order valence-corrected chi connectivity index (χ1v) is 5.51. The number of methoxy groups -OCH3 is 1. The fourth-order valence-corrected chi connectivity index (χ4v) is 2.07. The molecule has 0 aliphatic heterocycles. The molecule has 0 aliphatic rings. The van der Waals surface area contributed by atoms with Crippen molar-refractivity contribution in [2.24, 2.45) is 0 Å². The zero-order valence-electron chi connectivity index (χ0n) is 8.36. The Morgan fingerprint density at radius 2 is 1.77 bits per heavy atom. The Morgan fingerprint density at radius 1 is 1.23 bits per heavy atom. The molecule has 0 aliphatic carbocycles. The molecule has 0 atom stereocenters. The number of hydrogen-bond acceptors (Lipinski definition) is 1. The lowest BCUT2D eigenvalue weighted by Gasteiger charge is -2.10. The van der Waals surface area contributed by atoms with E-state index in [-0.39, 0.29) is 0 Å². The van der Waals surface area contributed by atoms with Gasteiger partial charge in [0.25, 0.3) is 0 Å². The molecule has 0 unspecified atom stereocenters. The molecule has 0 saturated carbocycles. The van der Waals surface area contributed by atoms with Crippen molar-refractivity contribution in [3.05, 3.63) is 28.8 Å². The van der Waals surface area contributed by atoms with Crippen molar-refractivity contribution >= 4 is 15.9 Å². The zero-order valence-corrected chi connectivity index (χ0v) is 9.94. The number of alkyl halides is 1. The Bertz CT molecular complexity index is 271. The standard InChI is InChI=1S/C11H15BrO/c1-8-6-10(4-5-12)7-9(2)11(8)13-3/h6-7H,4-5H2,1-3H3. The third-order valence-corrected chi connectivity index (χ3v) is 2.50. The van der Waals surface area contributed by atoms with Crippen LogP contribution in [0.3, 0.4) is 0 Å². The van der Waals surface area contributed by atoms with Crippen LogP contribution in [0.5, 0.6) is 5.75 Å². The summed E-state index contributed by atoms with van der Waals surface area (Å²) in [5.41, 5.74) is 3.81. The molecule has 1 rings (SSSR count). The summed E-state index contributed by atoms with van der Waals surface area (Å²) in [5.74, 6) is 1.01. The van der Waals surface area contributed by atoms with E-state index in [1.54, 1.807) is 7.11 Å². The second kappa shape index (κ2) is 4.66. The average molecular weight is 243 g/mol. The Labute approximate surface area is 88.2 Å². The summed E-state index contributed by atoms with van der Waals surface area (Å²) >= 11 is 3.44. The first-order valence-electron chi connectivity index (χ1n) is 4.39. The Morgan fingerprint density at radius 3 is 2.15 bits per heavy atom. The van der Waals surface area contributed by atoms with Crippen LogP contribution in [0.25, 0.3) is 0 Å². The van der Waals surface area contributed by atoms with Gasteiger partial charge in [0.2, 0.25) is 0 Å². The minimum absolute atomic E-state index is 1.01. The van der Waals surface area contributed by atoms with Crippen molar-refractivity contribution in [1.82, 2.24) is 0 Å². The van der Waals surface area contributed by atoms with Gasteiger partial charge in [0, 0.05) is 5.33 Å². The predicted molar refractivity (Wildman–Crippen MR) is 60.0 cm³/mol. The quantitative estimate of drug-likeness (QED) is 0.740. The highest BCUT2D eigenvalue weighted by Crippen LogP contribution is 2.24. The normalized spacial score (nSPS) is 10.2. The molecular formula is C11H15BrO. The molecule has 2 heteroatoms. The third-order valence-electron chi connectivity index (χ3n) is 2.11. The van der Waals surface area contributed by atoms with Crippen LogP contribution in [0.15, 0.2) is 12.1 Å². The molecule has 0 amide bonds. The largest absolute Gasteiger partial charge is 0.496 e. The van der Waals surface area contributed by atoms with E-state index in [1.807, 2.05) is 0 Å². The van der Waals surface area contributed by atoms with E-state index in [0.29, 0.717) is 0 Å². The Kier molecular flexibility index (Phi) is 3.79. The average Bonchev–Trinajstić information content (AvgIpc) is 2.04. The van der Waals surface area contributed by atoms with Crippen molar-refractivity contribution in [3.8, 4) is 5.75 Å². The maximum absolute atomic E-state index is 5.30. The number of halogens is 1. The number of benzene rings is 1. The summed E-state index contributed by atoms with van der Waals surface area (Å²) in [6.07, 6.45) is 1.08. The van der Waals surface area contributed by atoms with Crippen molar-refractivity contribution < 1.29 is 4.74 Å². The highest BCUT2D eigenvalue weighted by atomic mass is 79.9. The van der Waals surface area contributed by atoms with Crippen LogP contribution in [0.2, 0.25) is 0 Å². The van der Waals surface area contributed by atoms with Gasteiger partial charge in [-0.05, 0) is 37.0 Å². The van der Waals surface area contributed by atoms with Crippen molar-refractivity contribution in [1.29, 1.82) is 0 Å². The minimum atomic E-state index is 1.01. The lowest BCUT2D eigenvalue weighted by atomic mass is 10.0. The van der Waals surface area contributed by atoms with Crippen LogP contribution >= 0.6 is 15.9 Å². The van der Waals surface area contributed by atoms with Gasteiger partial charge in [-0.2, -0.15) is 0 Å². The van der Waals surface area contributed by atoms with Gasteiger partial charge in [-0.15, -0.1) is 0 Å². The van der Waals surface area contributed by atoms with Crippen molar-refractivity contribution in [2.75, 3.05) is 12.4 Å². The van der Waals surface area contributed by atoms with E-state index < -0.39 is 0 Å². The molecule has 1 nitrogen and oxygen atoms in total. The van der Waals surface area contributed by atoms with E-state index in [4.69, 9.17) is 4.74 Å². The fourth-order valence-electron chi connectivity index (χ4n) is 1.62. The highest BCUT2D eigenvalue weighted by Gasteiger charge is 2.04. The maximum atomic E-state index is 5.30. The second-order valence-corrected chi connectivity index (χ2v) is 3.99. The topological polar surface area (TPSA) is 9.23 Å². The third kappa shape index (κ3) is 2.47. The molecule has 1 aromatic rings. The van der Waals surface area contributed by atoms with Gasteiger partial charge in [-0.3, -0.25) is 0 Å². The van der Waals surface area contributed by atoms with Gasteiger partial charge in [0.1, 0.15) is 5.75 Å². The number of hydrogen-bond donors (Lipinski definition) is 0. The lowest BCUT2D eigenvalue weighted by molar-refractivity contribution is 0.408. The first-order chi connectivity index (χ1) is 6.19. The Balaban J connectivity index is 3.05. The summed E-state index contributed by atoms with van der Waals surface area (Å²) < 4.78 is 5.30. The van der Waals surface area contributed by atoms with Crippen molar-refractivity contribution in [3.63, 3.8) is 0 Å². The van der Waals surface area contributed by atoms with Gasteiger partial charge >= 0.3 is 0 Å². The zero-order chi connectivity index (χ0) is 9.84. The number of aryl methyl sites for hydroxylation is 3. The van der Waals surface area contributed by atoms with Gasteiger partial charge in [-0.1, -0.05) is 28.1 Å². The molecule has 0 N–H and O–H groups in total. The monoisotopic (exact) mass is 242 g/mol. The van der Waals surface area contributed by atoms with Gasteiger partial charge < -0.3 is 4.74 Å². The molecule has 0 radical (unpaired) electrons. The smallest absolute Gasteiger partial charge is 0.124 e. The molecule has 1 aromatic carbocycles. The van der Waals surface area contributed by atoms with Gasteiger partial charge in [0.05, 0.1) is 7.11 Å². The van der Waals surface area contributed by atoms with Crippen molar-refractivity contribution in [2.45, 2.75) is 20.3 Å². The molecule has 0 heterocycles. The summed E-state index contributed by atoms with van der Waals surface area (Å²) in [7, 11) is 1.72. The van der Waals surface area contributed by atoms with Gasteiger partial charge in [0.15, 0.2) is 0 Å². The molecule has 0 fully saturated rings. The molecule has 13 heavy (non-hydrogen) atoms.